The molecular weight excluding hydrogens is 334 g/mol. The molecule has 4 nitrogen and oxygen atoms in total. The Hall–Kier alpha value is -2.36. The molecule has 1 saturated heterocycles. The van der Waals surface area contributed by atoms with Crippen LogP contribution in [0.15, 0.2) is 48.7 Å². The van der Waals surface area contributed by atoms with E-state index in [-0.39, 0.29) is 5.91 Å². The second kappa shape index (κ2) is 9.03. The van der Waals surface area contributed by atoms with Crippen molar-refractivity contribution in [3.63, 3.8) is 0 Å². The molecule has 1 aromatic carbocycles. The van der Waals surface area contributed by atoms with Gasteiger partial charge in [0.2, 0.25) is 0 Å². The minimum Gasteiger partial charge on any atom is -0.364 e. The second-order valence-corrected chi connectivity index (χ2v) is 7.67. The van der Waals surface area contributed by atoms with Crippen LogP contribution in [0.4, 0.5) is 5.69 Å². The first-order valence-corrected chi connectivity index (χ1v) is 10.2. The van der Waals surface area contributed by atoms with Gasteiger partial charge in [0.1, 0.15) is 5.69 Å². The van der Waals surface area contributed by atoms with Crippen molar-refractivity contribution in [3.8, 4) is 0 Å². The van der Waals surface area contributed by atoms with Crippen molar-refractivity contribution in [3.05, 3.63) is 59.9 Å². The maximum Gasteiger partial charge on any atom is 0.272 e. The first-order chi connectivity index (χ1) is 13.1. The molecule has 144 valence electrons. The van der Waals surface area contributed by atoms with E-state index in [4.69, 9.17) is 0 Å². The number of hydrogen-bond donors (Lipinski definition) is 0. The number of benzene rings is 1. The van der Waals surface area contributed by atoms with Crippen LogP contribution in [0.25, 0.3) is 0 Å². The molecule has 0 radical (unpaired) electrons. The number of nitrogens with zero attached hydrogens (tertiary/aromatic N) is 3. The predicted octanol–water partition coefficient (Wildman–Crippen LogP) is 4.90. The van der Waals surface area contributed by atoms with Crippen molar-refractivity contribution in [2.45, 2.75) is 65.1 Å². The van der Waals surface area contributed by atoms with Gasteiger partial charge in [0.15, 0.2) is 0 Å². The van der Waals surface area contributed by atoms with Crippen molar-refractivity contribution >= 4 is 11.6 Å². The van der Waals surface area contributed by atoms with Crippen molar-refractivity contribution in [2.24, 2.45) is 0 Å². The Labute approximate surface area is 163 Å². The summed E-state index contributed by atoms with van der Waals surface area (Å²) >= 11 is 0. The van der Waals surface area contributed by atoms with Gasteiger partial charge < -0.3 is 9.80 Å². The summed E-state index contributed by atoms with van der Waals surface area (Å²) in [6, 6.07) is 15.1. The van der Waals surface area contributed by atoms with Gasteiger partial charge >= 0.3 is 0 Å². The van der Waals surface area contributed by atoms with E-state index in [9.17, 15) is 4.79 Å². The molecule has 2 heterocycles. The predicted molar refractivity (Wildman–Crippen MR) is 111 cm³/mol. The summed E-state index contributed by atoms with van der Waals surface area (Å²) in [6.07, 6.45) is 6.29. The van der Waals surface area contributed by atoms with Gasteiger partial charge in [-0.25, -0.2) is 4.98 Å². The third-order valence-corrected chi connectivity index (χ3v) is 5.48. The lowest BCUT2D eigenvalue weighted by molar-refractivity contribution is 0.0602. The van der Waals surface area contributed by atoms with Crippen LogP contribution in [0.3, 0.4) is 0 Å². The quantitative estimate of drug-likeness (QED) is 0.730. The maximum absolute atomic E-state index is 12.9. The molecule has 0 aliphatic carbocycles. The molecule has 1 aliphatic heterocycles. The lowest BCUT2D eigenvalue weighted by Gasteiger charge is -2.35. The third-order valence-electron chi connectivity index (χ3n) is 5.48. The number of carbonyl (C=O) groups is 1. The standard InChI is InChI=1S/C23H31N3O/c1-4-20-12-8-9-15-25(20)23(27)22-14-13-21(16-24-22)26(18(2)3)17-19-10-6-5-7-11-19/h5-7,10-11,13-14,16,18,20H,4,8-9,12,15,17H2,1-3H3. The highest BCUT2D eigenvalue weighted by Gasteiger charge is 2.27. The zero-order valence-electron chi connectivity index (χ0n) is 16.8. The van der Waals surface area contributed by atoms with Crippen LogP contribution < -0.4 is 4.90 Å². The molecular formula is C23H31N3O. The number of pyridine rings is 1. The SMILES string of the molecule is CCC1CCCCN1C(=O)c1ccc(N(Cc2ccccc2)C(C)C)cn1. The van der Waals surface area contributed by atoms with Crippen molar-refractivity contribution < 1.29 is 4.79 Å². The van der Waals surface area contributed by atoms with Gasteiger partial charge in [0, 0.05) is 25.2 Å². The highest BCUT2D eigenvalue weighted by Crippen LogP contribution is 2.23. The summed E-state index contributed by atoms with van der Waals surface area (Å²) in [7, 11) is 0. The van der Waals surface area contributed by atoms with Gasteiger partial charge in [-0.05, 0) is 57.2 Å². The lowest BCUT2D eigenvalue weighted by atomic mass is 9.99. The number of piperidine rings is 1. The highest BCUT2D eigenvalue weighted by atomic mass is 16.2. The van der Waals surface area contributed by atoms with E-state index >= 15 is 0 Å². The highest BCUT2D eigenvalue weighted by molar-refractivity contribution is 5.92. The normalized spacial score (nSPS) is 17.2. The number of rotatable bonds is 6. The van der Waals surface area contributed by atoms with Crippen molar-refractivity contribution in [1.82, 2.24) is 9.88 Å². The Bertz CT molecular complexity index is 727. The average Bonchev–Trinajstić information content (AvgIpc) is 2.72. The van der Waals surface area contributed by atoms with E-state index in [1.54, 1.807) is 0 Å². The zero-order valence-corrected chi connectivity index (χ0v) is 16.8. The summed E-state index contributed by atoms with van der Waals surface area (Å²) in [5.41, 5.74) is 2.88. The van der Waals surface area contributed by atoms with Crippen molar-refractivity contribution in [1.29, 1.82) is 0 Å². The average molecular weight is 366 g/mol. The van der Waals surface area contributed by atoms with Crippen LogP contribution in [0.5, 0.6) is 0 Å². The molecule has 0 saturated carbocycles. The zero-order chi connectivity index (χ0) is 19.2. The molecule has 2 aromatic rings. The van der Waals surface area contributed by atoms with Crippen LogP contribution in [-0.2, 0) is 6.54 Å². The Morgan fingerprint density at radius 2 is 1.96 bits per heavy atom. The monoisotopic (exact) mass is 365 g/mol. The molecule has 4 heteroatoms. The number of carbonyl (C=O) groups excluding carboxylic acids is 1. The van der Waals surface area contributed by atoms with Crippen LogP contribution in [0.2, 0.25) is 0 Å². The second-order valence-electron chi connectivity index (χ2n) is 7.67. The number of likely N-dealkylation sites (tertiary alicyclic amines) is 1. The van der Waals surface area contributed by atoms with Gasteiger partial charge in [0.05, 0.1) is 11.9 Å². The van der Waals surface area contributed by atoms with Crippen LogP contribution >= 0.6 is 0 Å². The summed E-state index contributed by atoms with van der Waals surface area (Å²) in [4.78, 5) is 21.8. The number of anilines is 1. The number of aromatic nitrogens is 1. The lowest BCUT2D eigenvalue weighted by Crippen LogP contribution is -2.43. The van der Waals surface area contributed by atoms with E-state index in [1.807, 2.05) is 29.3 Å². The molecule has 0 spiro atoms. The topological polar surface area (TPSA) is 36.4 Å². The first-order valence-electron chi connectivity index (χ1n) is 10.2. The molecule has 0 N–H and O–H groups in total. The van der Waals surface area contributed by atoms with Gasteiger partial charge in [-0.2, -0.15) is 0 Å². The fraction of sp³-hybridized carbons (Fsp3) is 0.478. The van der Waals surface area contributed by atoms with Crippen LogP contribution in [0.1, 0.15) is 62.5 Å². The van der Waals surface area contributed by atoms with E-state index in [0.717, 1.165) is 38.0 Å². The van der Waals surface area contributed by atoms with Gasteiger partial charge in [0.25, 0.3) is 5.91 Å². The maximum atomic E-state index is 12.9. The summed E-state index contributed by atoms with van der Waals surface area (Å²) in [5.74, 6) is 0.0762. The Morgan fingerprint density at radius 1 is 1.19 bits per heavy atom. The number of hydrogen-bond acceptors (Lipinski definition) is 3. The molecule has 3 rings (SSSR count). The molecule has 1 aliphatic rings. The molecule has 27 heavy (non-hydrogen) atoms. The fourth-order valence-corrected chi connectivity index (χ4v) is 3.87. The molecule has 1 amide bonds. The van der Waals surface area contributed by atoms with Gasteiger partial charge in [-0.3, -0.25) is 4.79 Å². The molecule has 0 bridgehead atoms. The largest absolute Gasteiger partial charge is 0.364 e. The van der Waals surface area contributed by atoms with Gasteiger partial charge in [-0.1, -0.05) is 37.3 Å². The van der Waals surface area contributed by atoms with Crippen molar-refractivity contribution in [2.75, 3.05) is 11.4 Å². The summed E-state index contributed by atoms with van der Waals surface area (Å²) in [5, 5.41) is 0. The number of amides is 1. The molecule has 1 fully saturated rings. The smallest absolute Gasteiger partial charge is 0.272 e. The molecule has 1 unspecified atom stereocenters. The summed E-state index contributed by atoms with van der Waals surface area (Å²) < 4.78 is 0. The molecule has 1 atom stereocenters. The van der Waals surface area contributed by atoms with E-state index in [0.29, 0.717) is 17.8 Å². The van der Waals surface area contributed by atoms with E-state index in [2.05, 4.69) is 54.9 Å². The minimum atomic E-state index is 0.0762. The van der Waals surface area contributed by atoms with E-state index in [1.165, 1.54) is 12.0 Å². The summed E-state index contributed by atoms with van der Waals surface area (Å²) in [6.45, 7) is 8.21. The Balaban J connectivity index is 1.75. The minimum absolute atomic E-state index is 0.0762. The molecule has 1 aromatic heterocycles. The first kappa shape index (κ1) is 19.4. The van der Waals surface area contributed by atoms with Crippen LogP contribution in [-0.4, -0.2) is 34.4 Å². The van der Waals surface area contributed by atoms with Gasteiger partial charge in [-0.15, -0.1) is 0 Å². The van der Waals surface area contributed by atoms with Crippen LogP contribution in [0, 0.1) is 0 Å². The van der Waals surface area contributed by atoms with E-state index < -0.39 is 0 Å². The Kier molecular flexibility index (Phi) is 6.49. The Morgan fingerprint density at radius 3 is 2.59 bits per heavy atom. The third kappa shape index (κ3) is 4.68. The fourth-order valence-electron chi connectivity index (χ4n) is 3.87.